The molecule has 152 valence electrons. The molecule has 1 N–H and O–H groups in total. The van der Waals surface area contributed by atoms with Gasteiger partial charge < -0.3 is 9.84 Å². The van der Waals surface area contributed by atoms with E-state index in [2.05, 4.69) is 0 Å². The van der Waals surface area contributed by atoms with Crippen molar-refractivity contribution in [1.82, 2.24) is 0 Å². The van der Waals surface area contributed by atoms with E-state index < -0.39 is 5.82 Å². The van der Waals surface area contributed by atoms with Gasteiger partial charge in [0.1, 0.15) is 23.1 Å². The average Bonchev–Trinajstić information content (AvgIpc) is 2.79. The third-order valence-corrected chi connectivity index (χ3v) is 4.67. The summed E-state index contributed by atoms with van der Waals surface area (Å²) < 4.78 is 19.3. The lowest BCUT2D eigenvalue weighted by Crippen LogP contribution is -2.04. The molecule has 4 aromatic carbocycles. The minimum atomic E-state index is -0.473. The fraction of sp³-hybridized carbons (Fsp3) is 0. The normalized spacial score (nSPS) is 10.5. The highest BCUT2D eigenvalue weighted by atomic mass is 19.1. The summed E-state index contributed by atoms with van der Waals surface area (Å²) in [5, 5.41) is 9.65. The molecule has 0 saturated carbocycles. The molecule has 0 aliphatic heterocycles. The van der Waals surface area contributed by atoms with Crippen LogP contribution in [0.3, 0.4) is 0 Å². The van der Waals surface area contributed by atoms with Crippen molar-refractivity contribution in [2.75, 3.05) is 0 Å². The van der Waals surface area contributed by atoms with Gasteiger partial charge in [-0.3, -0.25) is 9.59 Å². The number of hydrogen-bond acceptors (Lipinski definition) is 4. The number of carbonyl (C=O) groups is 2. The van der Waals surface area contributed by atoms with Crippen LogP contribution in [0, 0.1) is 5.82 Å². The van der Waals surface area contributed by atoms with Gasteiger partial charge in [0, 0.05) is 16.7 Å². The summed E-state index contributed by atoms with van der Waals surface area (Å²) in [5.74, 6) is -0.275. The summed E-state index contributed by atoms with van der Waals surface area (Å²) >= 11 is 0. The first kappa shape index (κ1) is 20.0. The second-order valence-electron chi connectivity index (χ2n) is 6.84. The summed E-state index contributed by atoms with van der Waals surface area (Å²) in [6.07, 6.45) is 0. The van der Waals surface area contributed by atoms with E-state index in [9.17, 15) is 19.1 Å². The molecule has 0 bridgehead atoms. The van der Waals surface area contributed by atoms with Crippen LogP contribution in [0.15, 0.2) is 97.1 Å². The molecule has 0 aliphatic rings. The van der Waals surface area contributed by atoms with Crippen molar-refractivity contribution < 1.29 is 23.8 Å². The number of carbonyl (C=O) groups excluding carboxylic acids is 2. The zero-order valence-electron chi connectivity index (χ0n) is 16.3. The van der Waals surface area contributed by atoms with E-state index in [1.165, 1.54) is 30.3 Å². The van der Waals surface area contributed by atoms with Gasteiger partial charge in [0.15, 0.2) is 11.6 Å². The Hall–Kier alpha value is -4.25. The van der Waals surface area contributed by atoms with E-state index in [1.54, 1.807) is 66.7 Å². The molecule has 4 aromatic rings. The van der Waals surface area contributed by atoms with Crippen LogP contribution in [0.5, 0.6) is 17.2 Å². The van der Waals surface area contributed by atoms with Crippen LogP contribution in [0.25, 0.3) is 0 Å². The zero-order chi connectivity index (χ0) is 21.8. The Morgan fingerprint density at radius 3 is 2.06 bits per heavy atom. The van der Waals surface area contributed by atoms with Crippen molar-refractivity contribution in [2.24, 2.45) is 0 Å². The monoisotopic (exact) mass is 412 g/mol. The molecule has 0 atom stereocenters. The van der Waals surface area contributed by atoms with Crippen LogP contribution in [-0.2, 0) is 0 Å². The van der Waals surface area contributed by atoms with Crippen LogP contribution in [0.1, 0.15) is 31.8 Å². The van der Waals surface area contributed by atoms with Crippen molar-refractivity contribution in [3.05, 3.63) is 125 Å². The number of hydrogen-bond donors (Lipinski definition) is 1. The van der Waals surface area contributed by atoms with Gasteiger partial charge in [-0.2, -0.15) is 0 Å². The highest BCUT2D eigenvalue weighted by molar-refractivity contribution is 6.11. The number of phenolic OH excluding ortho intramolecular Hbond substituents is 1. The Morgan fingerprint density at radius 2 is 1.35 bits per heavy atom. The quantitative estimate of drug-likeness (QED) is 0.408. The summed E-state index contributed by atoms with van der Waals surface area (Å²) in [4.78, 5) is 25.4. The predicted molar refractivity (Wildman–Crippen MR) is 114 cm³/mol. The fourth-order valence-corrected chi connectivity index (χ4v) is 3.14. The van der Waals surface area contributed by atoms with Gasteiger partial charge in [-0.25, -0.2) is 4.39 Å². The number of rotatable bonds is 6. The Labute approximate surface area is 178 Å². The smallest absolute Gasteiger partial charge is 0.196 e. The Balaban J connectivity index is 1.56. The molecular weight excluding hydrogens is 395 g/mol. The van der Waals surface area contributed by atoms with E-state index in [-0.39, 0.29) is 22.9 Å². The first-order valence-corrected chi connectivity index (χ1v) is 9.52. The number of aromatic hydroxyl groups is 1. The first-order valence-electron chi connectivity index (χ1n) is 9.52. The second-order valence-corrected chi connectivity index (χ2v) is 6.84. The third-order valence-electron chi connectivity index (χ3n) is 4.67. The SMILES string of the molecule is O=C(c1ccc(Oc2ccccc2C(=O)c2cccc(O)c2)cc1)c1cccc(F)c1. The summed E-state index contributed by atoms with van der Waals surface area (Å²) in [5.41, 5.74) is 1.33. The molecule has 4 rings (SSSR count). The molecule has 0 aromatic heterocycles. The van der Waals surface area contributed by atoms with Gasteiger partial charge in [-0.05, 0) is 60.7 Å². The molecule has 0 radical (unpaired) electrons. The topological polar surface area (TPSA) is 63.6 Å². The van der Waals surface area contributed by atoms with Crippen molar-refractivity contribution in [3.63, 3.8) is 0 Å². The lowest BCUT2D eigenvalue weighted by atomic mass is 10.0. The van der Waals surface area contributed by atoms with Gasteiger partial charge in [0.05, 0.1) is 5.56 Å². The van der Waals surface area contributed by atoms with E-state index in [1.807, 2.05) is 0 Å². The highest BCUT2D eigenvalue weighted by Gasteiger charge is 2.16. The molecule has 0 unspecified atom stereocenters. The average molecular weight is 412 g/mol. The van der Waals surface area contributed by atoms with Gasteiger partial charge in [-0.1, -0.05) is 36.4 Å². The first-order chi connectivity index (χ1) is 15.0. The molecule has 0 spiro atoms. The maximum atomic E-state index is 13.4. The minimum absolute atomic E-state index is 0.00260. The Bertz CT molecular complexity index is 1260. The number of ketones is 2. The summed E-state index contributed by atoms with van der Waals surface area (Å²) in [6.45, 7) is 0. The molecule has 0 heterocycles. The van der Waals surface area contributed by atoms with Gasteiger partial charge in [0.25, 0.3) is 0 Å². The van der Waals surface area contributed by atoms with Crippen molar-refractivity contribution in [2.45, 2.75) is 0 Å². The summed E-state index contributed by atoms with van der Waals surface area (Å²) in [6, 6.07) is 24.8. The predicted octanol–water partition coefficient (Wildman–Crippen LogP) is 5.79. The van der Waals surface area contributed by atoms with Crippen molar-refractivity contribution in [3.8, 4) is 17.2 Å². The van der Waals surface area contributed by atoms with Crippen LogP contribution >= 0.6 is 0 Å². The third kappa shape index (κ3) is 4.51. The lowest BCUT2D eigenvalue weighted by molar-refractivity contribution is 0.103. The number of para-hydroxylation sites is 1. The van der Waals surface area contributed by atoms with Crippen LogP contribution < -0.4 is 4.74 Å². The van der Waals surface area contributed by atoms with Crippen LogP contribution in [0.4, 0.5) is 4.39 Å². The molecule has 31 heavy (non-hydrogen) atoms. The summed E-state index contributed by atoms with van der Waals surface area (Å²) in [7, 11) is 0. The van der Waals surface area contributed by atoms with Crippen molar-refractivity contribution >= 4 is 11.6 Å². The molecule has 0 amide bonds. The van der Waals surface area contributed by atoms with E-state index in [4.69, 9.17) is 4.74 Å². The fourth-order valence-electron chi connectivity index (χ4n) is 3.14. The molecule has 0 fully saturated rings. The molecule has 4 nitrogen and oxygen atoms in total. The minimum Gasteiger partial charge on any atom is -0.508 e. The lowest BCUT2D eigenvalue weighted by Gasteiger charge is -2.11. The van der Waals surface area contributed by atoms with Crippen LogP contribution in [-0.4, -0.2) is 16.7 Å². The number of benzene rings is 4. The Morgan fingerprint density at radius 1 is 0.677 bits per heavy atom. The second kappa shape index (κ2) is 8.63. The van der Waals surface area contributed by atoms with Gasteiger partial charge >= 0.3 is 0 Å². The Kier molecular flexibility index (Phi) is 5.58. The van der Waals surface area contributed by atoms with Gasteiger partial charge in [-0.15, -0.1) is 0 Å². The number of halogens is 1. The van der Waals surface area contributed by atoms with E-state index in [0.29, 0.717) is 28.2 Å². The molecule has 0 aliphatic carbocycles. The van der Waals surface area contributed by atoms with Crippen molar-refractivity contribution in [1.29, 1.82) is 0 Å². The standard InChI is InChI=1S/C26H17FO4/c27-20-7-3-5-18(15-20)25(29)17-11-13-22(14-12-17)31-24-10-2-1-9-23(24)26(30)19-6-4-8-21(28)16-19/h1-16,28H. The maximum Gasteiger partial charge on any atom is 0.196 e. The largest absolute Gasteiger partial charge is 0.508 e. The molecule has 0 saturated heterocycles. The number of phenols is 1. The van der Waals surface area contributed by atoms with E-state index in [0.717, 1.165) is 0 Å². The zero-order valence-corrected chi connectivity index (χ0v) is 16.3. The van der Waals surface area contributed by atoms with Gasteiger partial charge in [0.2, 0.25) is 0 Å². The molecule has 5 heteroatoms. The molecular formula is C26H17FO4. The number of ether oxygens (including phenoxy) is 1. The maximum absolute atomic E-state index is 13.4. The highest BCUT2D eigenvalue weighted by Crippen LogP contribution is 2.28. The van der Waals surface area contributed by atoms with E-state index >= 15 is 0 Å². The van der Waals surface area contributed by atoms with Crippen LogP contribution in [0.2, 0.25) is 0 Å².